The lowest BCUT2D eigenvalue weighted by molar-refractivity contribution is 0.372. The Hall–Kier alpha value is -1.88. The topological polar surface area (TPSA) is 60.2 Å². The predicted octanol–water partition coefficient (Wildman–Crippen LogP) is 1.43. The van der Waals surface area contributed by atoms with Crippen LogP contribution < -0.4 is 10.1 Å². The van der Waals surface area contributed by atoms with E-state index in [4.69, 9.17) is 9.26 Å². The molecule has 0 radical (unpaired) electrons. The van der Waals surface area contributed by atoms with E-state index in [1.807, 2.05) is 31.3 Å². The fraction of sp³-hybridized carbons (Fsp3) is 0.385. The number of hydrogen-bond acceptors (Lipinski definition) is 5. The molecular weight excluding hydrogens is 230 g/mol. The van der Waals surface area contributed by atoms with Crippen LogP contribution in [-0.2, 0) is 12.8 Å². The highest BCUT2D eigenvalue weighted by molar-refractivity contribution is 5.28. The molecule has 1 heterocycles. The summed E-state index contributed by atoms with van der Waals surface area (Å²) in [5, 5.41) is 7.01. The highest BCUT2D eigenvalue weighted by Crippen LogP contribution is 2.13. The number of likely N-dealkylation sites (N-methyl/N-ethyl adjacent to an activating group) is 1. The lowest BCUT2D eigenvalue weighted by Gasteiger charge is -2.00. The smallest absolute Gasteiger partial charge is 0.227 e. The van der Waals surface area contributed by atoms with Gasteiger partial charge in [0.15, 0.2) is 5.82 Å². The normalized spacial score (nSPS) is 10.6. The van der Waals surface area contributed by atoms with Crippen LogP contribution in [0.2, 0.25) is 0 Å². The van der Waals surface area contributed by atoms with Gasteiger partial charge in [0.25, 0.3) is 0 Å². The van der Waals surface area contributed by atoms with Crippen molar-refractivity contribution in [2.45, 2.75) is 12.8 Å². The first-order valence-corrected chi connectivity index (χ1v) is 5.91. The van der Waals surface area contributed by atoms with Gasteiger partial charge in [-0.25, -0.2) is 0 Å². The summed E-state index contributed by atoms with van der Waals surface area (Å²) in [5.74, 6) is 2.24. The molecule has 18 heavy (non-hydrogen) atoms. The van der Waals surface area contributed by atoms with Crippen molar-refractivity contribution in [3.63, 3.8) is 0 Å². The molecule has 1 aromatic carbocycles. The standard InChI is InChI=1S/C13H17N3O2/c1-14-8-7-13-15-12(16-18-13)9-10-3-5-11(17-2)6-4-10/h3-6,14H,7-9H2,1-2H3. The molecule has 0 amide bonds. The molecule has 1 aromatic heterocycles. The Bertz CT molecular complexity index is 479. The van der Waals surface area contributed by atoms with Crippen LogP contribution in [0.15, 0.2) is 28.8 Å². The van der Waals surface area contributed by atoms with Gasteiger partial charge >= 0.3 is 0 Å². The molecule has 5 nitrogen and oxygen atoms in total. The number of benzene rings is 1. The average Bonchev–Trinajstić information content (AvgIpc) is 2.85. The van der Waals surface area contributed by atoms with E-state index in [2.05, 4.69) is 15.5 Å². The van der Waals surface area contributed by atoms with Crippen LogP contribution in [0, 0.1) is 0 Å². The third-order valence-corrected chi connectivity index (χ3v) is 2.62. The summed E-state index contributed by atoms with van der Waals surface area (Å²) >= 11 is 0. The summed E-state index contributed by atoms with van der Waals surface area (Å²) < 4.78 is 10.3. The molecular formula is C13H17N3O2. The molecule has 2 rings (SSSR count). The van der Waals surface area contributed by atoms with E-state index >= 15 is 0 Å². The molecule has 0 spiro atoms. The maximum absolute atomic E-state index is 5.16. The van der Waals surface area contributed by atoms with Gasteiger partial charge in [0.2, 0.25) is 5.89 Å². The Labute approximate surface area is 106 Å². The fourth-order valence-electron chi connectivity index (χ4n) is 1.62. The molecule has 1 N–H and O–H groups in total. The van der Waals surface area contributed by atoms with Gasteiger partial charge in [-0.15, -0.1) is 0 Å². The van der Waals surface area contributed by atoms with E-state index in [0.29, 0.717) is 18.1 Å². The van der Waals surface area contributed by atoms with Crippen LogP contribution in [0.3, 0.4) is 0 Å². The van der Waals surface area contributed by atoms with Gasteiger partial charge in [0.1, 0.15) is 5.75 Å². The van der Waals surface area contributed by atoms with Gasteiger partial charge in [-0.1, -0.05) is 17.3 Å². The highest BCUT2D eigenvalue weighted by atomic mass is 16.5. The average molecular weight is 247 g/mol. The summed E-state index contributed by atoms with van der Waals surface area (Å²) in [7, 11) is 3.55. The summed E-state index contributed by atoms with van der Waals surface area (Å²) in [5.41, 5.74) is 1.14. The van der Waals surface area contributed by atoms with Gasteiger partial charge in [-0.3, -0.25) is 0 Å². The maximum Gasteiger partial charge on any atom is 0.227 e. The summed E-state index contributed by atoms with van der Waals surface area (Å²) in [6, 6.07) is 7.86. The lowest BCUT2D eigenvalue weighted by atomic mass is 10.1. The van der Waals surface area contributed by atoms with E-state index in [1.165, 1.54) is 0 Å². The second-order valence-corrected chi connectivity index (χ2v) is 3.98. The Balaban J connectivity index is 1.97. The number of methoxy groups -OCH3 is 1. The van der Waals surface area contributed by atoms with Gasteiger partial charge in [-0.05, 0) is 24.7 Å². The third-order valence-electron chi connectivity index (χ3n) is 2.62. The molecule has 0 bridgehead atoms. The molecule has 0 saturated carbocycles. The summed E-state index contributed by atoms with van der Waals surface area (Å²) in [4.78, 5) is 4.34. The van der Waals surface area contributed by atoms with Crippen LogP contribution >= 0.6 is 0 Å². The number of rotatable bonds is 6. The Morgan fingerprint density at radius 2 is 2.06 bits per heavy atom. The van der Waals surface area contributed by atoms with Gasteiger partial charge < -0.3 is 14.6 Å². The molecule has 0 aliphatic rings. The van der Waals surface area contributed by atoms with Gasteiger partial charge in [0.05, 0.1) is 7.11 Å². The van der Waals surface area contributed by atoms with Crippen LogP contribution in [-0.4, -0.2) is 30.8 Å². The van der Waals surface area contributed by atoms with Crippen molar-refractivity contribution in [2.75, 3.05) is 20.7 Å². The van der Waals surface area contributed by atoms with Crippen molar-refractivity contribution in [1.29, 1.82) is 0 Å². The second kappa shape index (κ2) is 6.16. The Morgan fingerprint density at radius 1 is 1.28 bits per heavy atom. The summed E-state index contributed by atoms with van der Waals surface area (Å²) in [6.07, 6.45) is 1.43. The minimum absolute atomic E-state index is 0.674. The van der Waals surface area contributed by atoms with Crippen LogP contribution in [0.4, 0.5) is 0 Å². The molecule has 0 aliphatic carbocycles. The molecule has 5 heteroatoms. The lowest BCUT2D eigenvalue weighted by Crippen LogP contribution is -2.10. The minimum Gasteiger partial charge on any atom is -0.497 e. The van der Waals surface area contributed by atoms with E-state index < -0.39 is 0 Å². The number of aromatic nitrogens is 2. The van der Waals surface area contributed by atoms with E-state index in [-0.39, 0.29) is 0 Å². The zero-order valence-electron chi connectivity index (χ0n) is 10.6. The second-order valence-electron chi connectivity index (χ2n) is 3.98. The molecule has 0 atom stereocenters. The van der Waals surface area contributed by atoms with Crippen molar-refractivity contribution < 1.29 is 9.26 Å². The first-order valence-electron chi connectivity index (χ1n) is 5.91. The molecule has 96 valence electrons. The SMILES string of the molecule is CNCCc1nc(Cc2ccc(OC)cc2)no1. The van der Waals surface area contributed by atoms with Gasteiger partial charge in [0, 0.05) is 19.4 Å². The first-order chi connectivity index (χ1) is 8.81. The Kier molecular flexibility index (Phi) is 4.30. The van der Waals surface area contributed by atoms with Gasteiger partial charge in [-0.2, -0.15) is 4.98 Å². The van der Waals surface area contributed by atoms with Crippen LogP contribution in [0.25, 0.3) is 0 Å². The van der Waals surface area contributed by atoms with Crippen molar-refractivity contribution in [2.24, 2.45) is 0 Å². The zero-order chi connectivity index (χ0) is 12.8. The molecule has 0 fully saturated rings. The largest absolute Gasteiger partial charge is 0.497 e. The third kappa shape index (κ3) is 3.30. The highest BCUT2D eigenvalue weighted by Gasteiger charge is 2.06. The van der Waals surface area contributed by atoms with Crippen LogP contribution in [0.5, 0.6) is 5.75 Å². The maximum atomic E-state index is 5.16. The van der Waals surface area contributed by atoms with Crippen LogP contribution in [0.1, 0.15) is 17.3 Å². The summed E-state index contributed by atoms with van der Waals surface area (Å²) in [6.45, 7) is 0.837. The van der Waals surface area contributed by atoms with E-state index in [9.17, 15) is 0 Å². The number of nitrogens with one attached hydrogen (secondary N) is 1. The Morgan fingerprint density at radius 3 is 2.72 bits per heavy atom. The number of hydrogen-bond donors (Lipinski definition) is 1. The fourth-order valence-corrected chi connectivity index (χ4v) is 1.62. The first kappa shape index (κ1) is 12.6. The molecule has 0 aliphatic heterocycles. The monoisotopic (exact) mass is 247 g/mol. The predicted molar refractivity (Wildman–Crippen MR) is 67.7 cm³/mol. The van der Waals surface area contributed by atoms with Crippen molar-refractivity contribution in [3.8, 4) is 5.75 Å². The van der Waals surface area contributed by atoms with E-state index in [1.54, 1.807) is 7.11 Å². The molecule has 0 saturated heterocycles. The number of nitrogens with zero attached hydrogens (tertiary/aromatic N) is 2. The number of ether oxygens (including phenoxy) is 1. The van der Waals surface area contributed by atoms with Crippen molar-refractivity contribution in [3.05, 3.63) is 41.5 Å². The zero-order valence-corrected chi connectivity index (χ0v) is 10.6. The van der Waals surface area contributed by atoms with Crippen molar-refractivity contribution >= 4 is 0 Å². The molecule has 0 unspecified atom stereocenters. The quantitative estimate of drug-likeness (QED) is 0.836. The van der Waals surface area contributed by atoms with E-state index in [0.717, 1.165) is 24.3 Å². The minimum atomic E-state index is 0.674. The molecule has 2 aromatic rings. The van der Waals surface area contributed by atoms with Crippen molar-refractivity contribution in [1.82, 2.24) is 15.5 Å².